The van der Waals surface area contributed by atoms with Crippen molar-refractivity contribution in [1.29, 1.82) is 0 Å². The molecule has 1 amide bonds. The molecule has 1 aromatic heterocycles. The second kappa shape index (κ2) is 9.15. The van der Waals surface area contributed by atoms with Gasteiger partial charge in [0.05, 0.1) is 9.92 Å². The molecule has 0 aliphatic carbocycles. The van der Waals surface area contributed by atoms with E-state index in [2.05, 4.69) is 24.8 Å². The third-order valence-corrected chi connectivity index (χ3v) is 7.63. The van der Waals surface area contributed by atoms with Crippen molar-refractivity contribution in [3.63, 3.8) is 0 Å². The van der Waals surface area contributed by atoms with Gasteiger partial charge in [0.25, 0.3) is 10.0 Å². The van der Waals surface area contributed by atoms with Crippen molar-refractivity contribution >= 4 is 38.9 Å². The smallest absolute Gasteiger partial charge is 0.262 e. The third-order valence-electron chi connectivity index (χ3n) is 5.62. The normalized spacial score (nSPS) is 13.8. The third kappa shape index (κ3) is 4.89. The molecule has 1 aliphatic rings. The van der Waals surface area contributed by atoms with Crippen LogP contribution in [-0.4, -0.2) is 29.1 Å². The van der Waals surface area contributed by atoms with Gasteiger partial charge in [-0.1, -0.05) is 18.0 Å². The number of rotatable bonds is 5. The lowest BCUT2D eigenvalue weighted by atomic mass is 10.1. The average molecular weight is 488 g/mol. The quantitative estimate of drug-likeness (QED) is 0.542. The average Bonchev–Trinajstić information content (AvgIpc) is 2.95. The maximum absolute atomic E-state index is 13.3. The zero-order chi connectivity index (χ0) is 23.8. The van der Waals surface area contributed by atoms with Crippen LogP contribution in [0, 0.1) is 13.8 Å². The highest BCUT2D eigenvalue weighted by atomic mass is 35.5. The maximum atomic E-state index is 13.3. The molecule has 0 spiro atoms. The molecule has 174 valence electrons. The van der Waals surface area contributed by atoms with E-state index in [1.54, 1.807) is 44.2 Å². The minimum Gasteiger partial charge on any atom is -0.326 e. The number of carbonyl (C=O) groups excluding carboxylic acids is 1. The van der Waals surface area contributed by atoms with E-state index in [9.17, 15) is 13.2 Å². The summed E-state index contributed by atoms with van der Waals surface area (Å²) in [6.45, 7) is 5.61. The fraction of sp³-hybridized carbons (Fsp3) is 0.348. The molecule has 8 nitrogen and oxygen atoms in total. The minimum atomic E-state index is -3.89. The monoisotopic (exact) mass is 487 g/mol. The molecule has 4 rings (SSSR count). The molecule has 2 heterocycles. The second-order valence-electron chi connectivity index (χ2n) is 8.32. The predicted octanol–water partition coefficient (Wildman–Crippen LogP) is 4.70. The van der Waals surface area contributed by atoms with Gasteiger partial charge in [-0.15, -0.1) is 10.2 Å². The number of aryl methyl sites for hydroxylation is 3. The first-order chi connectivity index (χ1) is 15.7. The number of aromatic nitrogens is 3. The summed E-state index contributed by atoms with van der Waals surface area (Å²) in [7, 11) is -3.89. The molecule has 0 saturated heterocycles. The van der Waals surface area contributed by atoms with Crippen LogP contribution in [0.15, 0.2) is 35.2 Å². The van der Waals surface area contributed by atoms with Crippen LogP contribution in [0.1, 0.15) is 43.1 Å². The van der Waals surface area contributed by atoms with E-state index in [1.807, 2.05) is 0 Å². The van der Waals surface area contributed by atoms with Crippen molar-refractivity contribution in [2.45, 2.75) is 57.9 Å². The van der Waals surface area contributed by atoms with Crippen LogP contribution in [-0.2, 0) is 27.8 Å². The van der Waals surface area contributed by atoms with Gasteiger partial charge in [0.1, 0.15) is 5.82 Å². The van der Waals surface area contributed by atoms with E-state index in [4.69, 9.17) is 11.6 Å². The lowest BCUT2D eigenvalue weighted by Crippen LogP contribution is -2.16. The van der Waals surface area contributed by atoms with Crippen LogP contribution >= 0.6 is 11.6 Å². The molecule has 3 aromatic rings. The van der Waals surface area contributed by atoms with Gasteiger partial charge in [0.15, 0.2) is 5.82 Å². The number of nitrogens with zero attached hydrogens (tertiary/aromatic N) is 3. The first-order valence-electron chi connectivity index (χ1n) is 10.8. The number of fused-ring (bicyclic) bond motifs is 1. The molecule has 0 saturated carbocycles. The van der Waals surface area contributed by atoms with Gasteiger partial charge in [-0.2, -0.15) is 0 Å². The van der Waals surface area contributed by atoms with Crippen LogP contribution in [0.2, 0.25) is 5.02 Å². The van der Waals surface area contributed by atoms with Crippen molar-refractivity contribution < 1.29 is 13.2 Å². The number of anilines is 2. The fourth-order valence-corrected chi connectivity index (χ4v) is 6.01. The first-order valence-corrected chi connectivity index (χ1v) is 12.7. The maximum Gasteiger partial charge on any atom is 0.262 e. The van der Waals surface area contributed by atoms with Crippen LogP contribution in [0.5, 0.6) is 0 Å². The van der Waals surface area contributed by atoms with Crippen LogP contribution in [0.25, 0.3) is 11.4 Å². The molecule has 0 bridgehead atoms. The Bertz CT molecular complexity index is 1310. The molecule has 1 aliphatic heterocycles. The standard InChI is InChI=1S/C23H26ClN5O3S/c1-14-11-18(25-16(3)30)12-15(2)22(14)33(31,32)28-17-8-9-20(24)19(13-17)23-27-26-21-7-5-4-6-10-29(21)23/h8-9,11-13,28H,4-7,10H2,1-3H3,(H,25,30). The van der Waals surface area contributed by atoms with Gasteiger partial charge in [0, 0.05) is 36.8 Å². The van der Waals surface area contributed by atoms with Crippen LogP contribution < -0.4 is 10.0 Å². The van der Waals surface area contributed by atoms with Gasteiger partial charge in [-0.3, -0.25) is 9.52 Å². The summed E-state index contributed by atoms with van der Waals surface area (Å²) >= 11 is 6.48. The lowest BCUT2D eigenvalue weighted by molar-refractivity contribution is -0.114. The van der Waals surface area contributed by atoms with Crippen molar-refractivity contribution in [2.75, 3.05) is 10.0 Å². The summed E-state index contributed by atoms with van der Waals surface area (Å²) in [6.07, 6.45) is 4.11. The highest BCUT2D eigenvalue weighted by Gasteiger charge is 2.23. The van der Waals surface area contributed by atoms with E-state index < -0.39 is 10.0 Å². The topological polar surface area (TPSA) is 106 Å². The molecular weight excluding hydrogens is 462 g/mol. The zero-order valence-electron chi connectivity index (χ0n) is 18.8. The molecule has 2 N–H and O–H groups in total. The molecule has 0 fully saturated rings. The van der Waals surface area contributed by atoms with Crippen LogP contribution in [0.3, 0.4) is 0 Å². The number of amides is 1. The Kier molecular flexibility index (Phi) is 6.45. The number of nitrogens with one attached hydrogen (secondary N) is 2. The molecule has 10 heteroatoms. The predicted molar refractivity (Wildman–Crippen MR) is 129 cm³/mol. The minimum absolute atomic E-state index is 0.171. The second-order valence-corrected chi connectivity index (χ2v) is 10.3. The number of hydrogen-bond donors (Lipinski definition) is 2. The number of carbonyl (C=O) groups is 1. The van der Waals surface area contributed by atoms with E-state index in [0.717, 1.165) is 38.1 Å². The summed E-state index contributed by atoms with van der Waals surface area (Å²) in [4.78, 5) is 11.5. The Balaban J connectivity index is 1.68. The van der Waals surface area contributed by atoms with Gasteiger partial charge in [-0.25, -0.2) is 8.42 Å². The Hall–Kier alpha value is -2.91. The highest BCUT2D eigenvalue weighted by Crippen LogP contribution is 2.33. The Morgan fingerprint density at radius 3 is 2.45 bits per heavy atom. The number of benzene rings is 2. The number of sulfonamides is 1. The summed E-state index contributed by atoms with van der Waals surface area (Å²) in [5, 5.41) is 11.8. The van der Waals surface area contributed by atoms with Gasteiger partial charge in [0.2, 0.25) is 5.91 Å². The van der Waals surface area contributed by atoms with Gasteiger partial charge in [-0.05, 0) is 68.1 Å². The summed E-state index contributed by atoms with van der Waals surface area (Å²) in [6, 6.07) is 8.26. The van der Waals surface area contributed by atoms with E-state index >= 15 is 0 Å². The Labute approximate surface area is 198 Å². The number of hydrogen-bond acceptors (Lipinski definition) is 5. The molecule has 2 aromatic carbocycles. The Morgan fingerprint density at radius 2 is 1.76 bits per heavy atom. The first kappa shape index (κ1) is 23.3. The highest BCUT2D eigenvalue weighted by molar-refractivity contribution is 7.92. The van der Waals surface area contributed by atoms with Crippen molar-refractivity contribution in [3.8, 4) is 11.4 Å². The van der Waals surface area contributed by atoms with E-state index in [-0.39, 0.29) is 10.8 Å². The van der Waals surface area contributed by atoms with Crippen molar-refractivity contribution in [1.82, 2.24) is 14.8 Å². The van der Waals surface area contributed by atoms with Gasteiger partial charge < -0.3 is 9.88 Å². The van der Waals surface area contributed by atoms with E-state index in [0.29, 0.717) is 38.9 Å². The van der Waals surface area contributed by atoms with Crippen molar-refractivity contribution in [2.24, 2.45) is 0 Å². The molecule has 0 atom stereocenters. The summed E-state index contributed by atoms with van der Waals surface area (Å²) < 4.78 is 31.3. The fourth-order valence-electron chi connectivity index (χ4n) is 4.30. The molecule has 0 unspecified atom stereocenters. The van der Waals surface area contributed by atoms with Crippen molar-refractivity contribution in [3.05, 3.63) is 52.3 Å². The molecule has 33 heavy (non-hydrogen) atoms. The lowest BCUT2D eigenvalue weighted by Gasteiger charge is -2.16. The Morgan fingerprint density at radius 1 is 1.03 bits per heavy atom. The van der Waals surface area contributed by atoms with Crippen LogP contribution in [0.4, 0.5) is 11.4 Å². The van der Waals surface area contributed by atoms with Gasteiger partial charge >= 0.3 is 0 Å². The summed E-state index contributed by atoms with van der Waals surface area (Å²) in [5.74, 6) is 1.35. The molecule has 0 radical (unpaired) electrons. The summed E-state index contributed by atoms with van der Waals surface area (Å²) in [5.41, 5.74) is 2.63. The SMILES string of the molecule is CC(=O)Nc1cc(C)c(S(=O)(=O)Nc2ccc(Cl)c(-c3nnc4n3CCCCC4)c2)c(C)c1. The molecular formula is C23H26ClN5O3S. The number of halogens is 1. The van der Waals surface area contributed by atoms with E-state index in [1.165, 1.54) is 6.92 Å². The largest absolute Gasteiger partial charge is 0.326 e. The zero-order valence-corrected chi connectivity index (χ0v) is 20.3.